The zero-order chi connectivity index (χ0) is 36.0. The maximum atomic E-state index is 6.84. The van der Waals surface area contributed by atoms with Crippen LogP contribution in [-0.2, 0) is 0 Å². The minimum Gasteiger partial charge on any atom is -0.455 e. The molecule has 0 atom stereocenters. The van der Waals surface area contributed by atoms with E-state index in [2.05, 4.69) is 165 Å². The van der Waals surface area contributed by atoms with Gasteiger partial charge in [0.25, 0.3) is 0 Å². The number of hydrogen-bond acceptors (Lipinski definition) is 4. The van der Waals surface area contributed by atoms with E-state index in [0.717, 1.165) is 49.8 Å². The number of aromatic nitrogens is 3. The molecule has 254 valence electrons. The highest BCUT2D eigenvalue weighted by atomic mass is 28.3. The van der Waals surface area contributed by atoms with Crippen molar-refractivity contribution >= 4 is 61.9 Å². The van der Waals surface area contributed by atoms with Gasteiger partial charge in [-0.3, -0.25) is 0 Å². The molecule has 0 radical (unpaired) electrons. The van der Waals surface area contributed by atoms with E-state index in [9.17, 15) is 0 Å². The van der Waals surface area contributed by atoms with E-state index in [-0.39, 0.29) is 0 Å². The lowest BCUT2D eigenvalue weighted by atomic mass is 9.97. The first-order valence-corrected chi connectivity index (χ1v) is 21.4. The second kappa shape index (κ2) is 11.7. The highest BCUT2D eigenvalue weighted by Gasteiger charge is 2.40. The lowest BCUT2D eigenvalue weighted by Gasteiger charge is -2.19. The molecule has 11 rings (SSSR count). The lowest BCUT2D eigenvalue weighted by molar-refractivity contribution is 0.670. The first-order chi connectivity index (χ1) is 26.5. The SMILES string of the molecule is C[Si]1(C)c2ccccc2-c2c1cc(-c1nc(-c3cccc(-c4ccccc4)c3)nc(-c3ccc4ccc5ccccc5c4c3)n1)c1c2oc2ccccc21. The molecule has 1 aliphatic heterocycles. The minimum absolute atomic E-state index is 0.632. The summed E-state index contributed by atoms with van der Waals surface area (Å²) in [6, 6.07) is 58.0. The molecule has 8 aromatic carbocycles. The van der Waals surface area contributed by atoms with Gasteiger partial charge in [0.15, 0.2) is 17.5 Å². The number of hydrogen-bond donors (Lipinski definition) is 0. The van der Waals surface area contributed by atoms with Crippen LogP contribution in [0.15, 0.2) is 168 Å². The van der Waals surface area contributed by atoms with Gasteiger partial charge >= 0.3 is 0 Å². The standard InChI is InChI=1S/C49H33N3OSi/c1-54(2)42-22-11-9-20-38(42)45-43(54)29-40(44-37-19-8-10-21-41(37)53-46(44)45)49-51-47(34-17-12-16-33(27-34)30-13-4-3-5-14-30)50-48(52-49)35-26-25-32-24-23-31-15-6-7-18-36(31)39(32)28-35/h3-29H,1-2H3. The molecule has 0 aliphatic carbocycles. The largest absolute Gasteiger partial charge is 0.455 e. The number of benzene rings is 8. The maximum absolute atomic E-state index is 6.84. The van der Waals surface area contributed by atoms with Crippen molar-refractivity contribution in [2.24, 2.45) is 0 Å². The van der Waals surface area contributed by atoms with Crippen LogP contribution in [0.5, 0.6) is 0 Å². The van der Waals surface area contributed by atoms with E-state index < -0.39 is 8.07 Å². The quantitative estimate of drug-likeness (QED) is 0.135. The van der Waals surface area contributed by atoms with E-state index in [4.69, 9.17) is 19.4 Å². The van der Waals surface area contributed by atoms with E-state index in [1.807, 2.05) is 12.1 Å². The molecule has 10 aromatic rings. The highest BCUT2D eigenvalue weighted by Crippen LogP contribution is 2.44. The van der Waals surface area contributed by atoms with E-state index in [1.165, 1.54) is 43.0 Å². The summed E-state index contributed by atoms with van der Waals surface area (Å²) in [6.07, 6.45) is 0. The number of furan rings is 1. The Kier molecular flexibility index (Phi) is 6.67. The smallest absolute Gasteiger partial charge is 0.164 e. The van der Waals surface area contributed by atoms with Crippen LogP contribution >= 0.6 is 0 Å². The third-order valence-electron chi connectivity index (χ3n) is 11.3. The van der Waals surface area contributed by atoms with Gasteiger partial charge < -0.3 is 4.42 Å². The van der Waals surface area contributed by atoms with E-state index in [0.29, 0.717) is 17.5 Å². The molecule has 0 bridgehead atoms. The van der Waals surface area contributed by atoms with Crippen molar-refractivity contribution in [2.75, 3.05) is 0 Å². The molecular weight excluding hydrogens is 675 g/mol. The van der Waals surface area contributed by atoms with Gasteiger partial charge in [-0.15, -0.1) is 0 Å². The van der Waals surface area contributed by atoms with Crippen LogP contribution in [0.3, 0.4) is 0 Å². The molecule has 54 heavy (non-hydrogen) atoms. The summed E-state index contributed by atoms with van der Waals surface area (Å²) in [4.78, 5) is 16.0. The third-order valence-corrected chi connectivity index (χ3v) is 14.8. The fourth-order valence-corrected chi connectivity index (χ4v) is 11.7. The first kappa shape index (κ1) is 30.9. The topological polar surface area (TPSA) is 51.8 Å². The summed E-state index contributed by atoms with van der Waals surface area (Å²) >= 11 is 0. The predicted molar refractivity (Wildman–Crippen MR) is 226 cm³/mol. The van der Waals surface area contributed by atoms with Crippen molar-refractivity contribution in [1.29, 1.82) is 0 Å². The average molecular weight is 708 g/mol. The molecule has 0 N–H and O–H groups in total. The molecule has 0 fully saturated rings. The van der Waals surface area contributed by atoms with Crippen LogP contribution in [0.1, 0.15) is 0 Å². The fraction of sp³-hybridized carbons (Fsp3) is 0.0408. The summed E-state index contributed by atoms with van der Waals surface area (Å²) in [6.45, 7) is 4.88. The van der Waals surface area contributed by atoms with Gasteiger partial charge in [0.1, 0.15) is 19.2 Å². The average Bonchev–Trinajstić information content (AvgIpc) is 3.73. The molecule has 0 saturated carbocycles. The number of rotatable bonds is 4. The fourth-order valence-electron chi connectivity index (χ4n) is 8.59. The van der Waals surface area contributed by atoms with Crippen LogP contribution in [-0.4, -0.2) is 23.0 Å². The van der Waals surface area contributed by atoms with Gasteiger partial charge in [-0.25, -0.2) is 15.0 Å². The van der Waals surface area contributed by atoms with Gasteiger partial charge in [0, 0.05) is 33.0 Å². The van der Waals surface area contributed by atoms with Crippen LogP contribution in [0.25, 0.3) is 99.9 Å². The van der Waals surface area contributed by atoms with Crippen molar-refractivity contribution in [3.63, 3.8) is 0 Å². The summed E-state index contributed by atoms with van der Waals surface area (Å²) < 4.78 is 6.84. The Morgan fingerprint density at radius 3 is 1.91 bits per heavy atom. The Morgan fingerprint density at radius 1 is 0.426 bits per heavy atom. The maximum Gasteiger partial charge on any atom is 0.164 e. The van der Waals surface area contributed by atoms with Gasteiger partial charge in [-0.1, -0.05) is 153 Å². The van der Waals surface area contributed by atoms with Crippen LogP contribution in [0.2, 0.25) is 13.1 Å². The van der Waals surface area contributed by atoms with E-state index in [1.54, 1.807) is 0 Å². The van der Waals surface area contributed by atoms with Crippen molar-refractivity contribution in [1.82, 2.24) is 15.0 Å². The predicted octanol–water partition coefficient (Wildman–Crippen LogP) is 11.5. The normalized spacial score (nSPS) is 13.1. The number of para-hydroxylation sites is 1. The van der Waals surface area contributed by atoms with Crippen molar-refractivity contribution in [3.8, 4) is 56.4 Å². The van der Waals surface area contributed by atoms with Crippen molar-refractivity contribution in [3.05, 3.63) is 164 Å². The Hall–Kier alpha value is -6.69. The zero-order valence-electron chi connectivity index (χ0n) is 29.8. The molecular formula is C49H33N3OSi. The van der Waals surface area contributed by atoms with Gasteiger partial charge in [-0.2, -0.15) is 0 Å². The Balaban J connectivity index is 1.21. The Bertz CT molecular complexity index is 3150. The molecule has 5 heteroatoms. The monoisotopic (exact) mass is 707 g/mol. The Labute approximate surface area is 313 Å². The van der Waals surface area contributed by atoms with Gasteiger partial charge in [-0.05, 0) is 72.9 Å². The zero-order valence-corrected chi connectivity index (χ0v) is 30.8. The second-order valence-electron chi connectivity index (χ2n) is 14.8. The number of nitrogens with zero attached hydrogens (tertiary/aromatic N) is 3. The number of fused-ring (bicyclic) bond motifs is 10. The summed E-state index contributed by atoms with van der Waals surface area (Å²) in [5.41, 5.74) is 9.35. The first-order valence-electron chi connectivity index (χ1n) is 18.4. The van der Waals surface area contributed by atoms with Crippen molar-refractivity contribution in [2.45, 2.75) is 13.1 Å². The molecule has 0 saturated heterocycles. The molecule has 0 amide bonds. The van der Waals surface area contributed by atoms with Crippen LogP contribution < -0.4 is 10.4 Å². The summed E-state index contributed by atoms with van der Waals surface area (Å²) in [7, 11) is -2.10. The molecule has 3 heterocycles. The summed E-state index contributed by atoms with van der Waals surface area (Å²) in [5, 5.41) is 9.63. The third kappa shape index (κ3) is 4.65. The molecule has 0 unspecified atom stereocenters. The molecule has 0 spiro atoms. The Morgan fingerprint density at radius 2 is 1.06 bits per heavy atom. The lowest BCUT2D eigenvalue weighted by Crippen LogP contribution is -2.49. The highest BCUT2D eigenvalue weighted by molar-refractivity contribution is 7.04. The molecule has 2 aromatic heterocycles. The minimum atomic E-state index is -2.10. The molecule has 1 aliphatic rings. The van der Waals surface area contributed by atoms with Gasteiger partial charge in [0.2, 0.25) is 0 Å². The van der Waals surface area contributed by atoms with Crippen LogP contribution in [0.4, 0.5) is 0 Å². The second-order valence-corrected chi connectivity index (χ2v) is 19.1. The molecule has 4 nitrogen and oxygen atoms in total. The van der Waals surface area contributed by atoms with Crippen LogP contribution in [0, 0.1) is 0 Å². The van der Waals surface area contributed by atoms with Crippen molar-refractivity contribution < 1.29 is 4.42 Å². The van der Waals surface area contributed by atoms with E-state index >= 15 is 0 Å². The summed E-state index contributed by atoms with van der Waals surface area (Å²) in [5.74, 6) is 1.90. The van der Waals surface area contributed by atoms with Gasteiger partial charge in [0.05, 0.1) is 0 Å².